The van der Waals surface area contributed by atoms with Crippen LogP contribution in [0.3, 0.4) is 0 Å². The number of nitrogens with two attached hydrogens (primary N) is 1. The van der Waals surface area contributed by atoms with Crippen molar-refractivity contribution in [2.45, 2.75) is 38.7 Å². The molecule has 1 saturated carbocycles. The minimum atomic E-state index is 0.397. The van der Waals surface area contributed by atoms with Crippen molar-refractivity contribution in [2.24, 2.45) is 5.92 Å². The Bertz CT molecular complexity index is 359. The van der Waals surface area contributed by atoms with Gasteiger partial charge in [0.05, 0.1) is 9.67 Å². The summed E-state index contributed by atoms with van der Waals surface area (Å²) in [7, 11) is 0. The quantitative estimate of drug-likeness (QED) is 0.660. The number of hydrogen-bond donors (Lipinski definition) is 1. The number of ether oxygens (including phenoxy) is 1. The highest BCUT2D eigenvalue weighted by Gasteiger charge is 2.20. The van der Waals surface area contributed by atoms with Gasteiger partial charge in [-0.3, -0.25) is 0 Å². The fraction of sp³-hybridized carbons (Fsp3) is 0.538. The lowest BCUT2D eigenvalue weighted by Gasteiger charge is -2.27. The third-order valence-corrected chi connectivity index (χ3v) is 4.06. The van der Waals surface area contributed by atoms with Crippen molar-refractivity contribution in [3.63, 3.8) is 0 Å². The zero-order valence-electron chi connectivity index (χ0n) is 9.58. The summed E-state index contributed by atoms with van der Waals surface area (Å²) in [5.41, 5.74) is 6.52. The average molecular weight is 331 g/mol. The van der Waals surface area contributed by atoms with Crippen LogP contribution in [0.2, 0.25) is 0 Å². The van der Waals surface area contributed by atoms with Crippen LogP contribution in [0.25, 0.3) is 0 Å². The van der Waals surface area contributed by atoms with Gasteiger partial charge in [-0.2, -0.15) is 0 Å². The summed E-state index contributed by atoms with van der Waals surface area (Å²) in [4.78, 5) is 0. The topological polar surface area (TPSA) is 35.2 Å². The molecule has 1 aromatic rings. The Kier molecular flexibility index (Phi) is 3.95. The van der Waals surface area contributed by atoms with Crippen LogP contribution < -0.4 is 10.5 Å². The molecular formula is C13H18INO. The summed E-state index contributed by atoms with van der Waals surface area (Å²) >= 11 is 2.28. The van der Waals surface area contributed by atoms with Crippen LogP contribution in [-0.4, -0.2) is 6.10 Å². The van der Waals surface area contributed by atoms with E-state index in [0.717, 1.165) is 20.9 Å². The van der Waals surface area contributed by atoms with Crippen LogP contribution in [0.15, 0.2) is 18.2 Å². The molecule has 0 heterocycles. The van der Waals surface area contributed by atoms with Gasteiger partial charge in [-0.15, -0.1) is 0 Å². The molecule has 0 aliphatic heterocycles. The first-order valence-electron chi connectivity index (χ1n) is 5.87. The Morgan fingerprint density at radius 1 is 1.25 bits per heavy atom. The van der Waals surface area contributed by atoms with Gasteiger partial charge in [-0.05, 0) is 72.4 Å². The second-order valence-electron chi connectivity index (χ2n) is 4.69. The van der Waals surface area contributed by atoms with E-state index in [4.69, 9.17) is 10.5 Å². The maximum Gasteiger partial charge on any atom is 0.133 e. The van der Waals surface area contributed by atoms with Crippen molar-refractivity contribution >= 4 is 28.3 Å². The molecule has 0 saturated heterocycles. The molecule has 0 aromatic heterocycles. The van der Waals surface area contributed by atoms with Crippen LogP contribution in [0.5, 0.6) is 5.75 Å². The summed E-state index contributed by atoms with van der Waals surface area (Å²) in [5, 5.41) is 0. The van der Waals surface area contributed by atoms with Gasteiger partial charge in [0.25, 0.3) is 0 Å². The molecule has 3 heteroatoms. The lowest BCUT2D eigenvalue weighted by atomic mass is 9.89. The maximum absolute atomic E-state index is 6.03. The third-order valence-electron chi connectivity index (χ3n) is 3.21. The van der Waals surface area contributed by atoms with Crippen molar-refractivity contribution in [1.29, 1.82) is 0 Å². The molecule has 2 nitrogen and oxygen atoms in total. The molecular weight excluding hydrogens is 313 g/mol. The number of hydrogen-bond acceptors (Lipinski definition) is 2. The third kappa shape index (κ3) is 3.03. The molecule has 1 aliphatic rings. The predicted octanol–water partition coefficient (Wildman–Crippen LogP) is 3.83. The molecule has 0 unspecified atom stereocenters. The van der Waals surface area contributed by atoms with Crippen LogP contribution in [0, 0.1) is 9.49 Å². The van der Waals surface area contributed by atoms with Gasteiger partial charge in [-0.1, -0.05) is 6.92 Å². The van der Waals surface area contributed by atoms with Gasteiger partial charge in [-0.25, -0.2) is 0 Å². The molecule has 1 fully saturated rings. The second kappa shape index (κ2) is 5.25. The fourth-order valence-electron chi connectivity index (χ4n) is 2.14. The molecule has 1 aliphatic carbocycles. The Labute approximate surface area is 111 Å². The Morgan fingerprint density at radius 3 is 2.56 bits per heavy atom. The molecule has 16 heavy (non-hydrogen) atoms. The smallest absolute Gasteiger partial charge is 0.133 e. The minimum absolute atomic E-state index is 0.397. The highest BCUT2D eigenvalue weighted by Crippen LogP contribution is 2.30. The molecule has 0 bridgehead atoms. The summed E-state index contributed by atoms with van der Waals surface area (Å²) < 4.78 is 7.13. The summed E-state index contributed by atoms with van der Waals surface area (Å²) in [5.74, 6) is 1.85. The molecule has 2 rings (SSSR count). The molecule has 2 N–H and O–H groups in total. The maximum atomic E-state index is 6.03. The standard InChI is InChI=1S/C13H18INO/c1-9-2-5-11(6-3-9)16-13-7-4-10(15)8-12(13)14/h4,7-9,11H,2-3,5-6,15H2,1H3. The molecule has 0 radical (unpaired) electrons. The zero-order chi connectivity index (χ0) is 11.5. The Hall–Kier alpha value is -0.450. The monoisotopic (exact) mass is 331 g/mol. The highest BCUT2D eigenvalue weighted by molar-refractivity contribution is 14.1. The summed E-state index contributed by atoms with van der Waals surface area (Å²) in [6.45, 7) is 2.32. The van der Waals surface area contributed by atoms with Crippen molar-refractivity contribution in [2.75, 3.05) is 5.73 Å². The van der Waals surface area contributed by atoms with Gasteiger partial charge in [0.1, 0.15) is 5.75 Å². The first-order valence-corrected chi connectivity index (χ1v) is 6.94. The molecule has 0 amide bonds. The number of halogens is 1. The molecule has 0 spiro atoms. The normalized spacial score (nSPS) is 25.4. The number of nitrogen functional groups attached to an aromatic ring is 1. The first-order chi connectivity index (χ1) is 7.65. The number of rotatable bonds is 2. The lowest BCUT2D eigenvalue weighted by Crippen LogP contribution is -2.23. The first kappa shape index (κ1) is 12.0. The van der Waals surface area contributed by atoms with E-state index in [2.05, 4.69) is 29.5 Å². The summed E-state index contributed by atoms with van der Waals surface area (Å²) in [6.07, 6.45) is 5.34. The average Bonchev–Trinajstić information content (AvgIpc) is 2.25. The van der Waals surface area contributed by atoms with Crippen molar-refractivity contribution in [1.82, 2.24) is 0 Å². The number of anilines is 1. The summed E-state index contributed by atoms with van der Waals surface area (Å²) in [6, 6.07) is 5.85. The van der Waals surface area contributed by atoms with Crippen LogP contribution in [0.4, 0.5) is 5.69 Å². The highest BCUT2D eigenvalue weighted by atomic mass is 127. The number of benzene rings is 1. The van der Waals surface area contributed by atoms with Gasteiger partial charge >= 0.3 is 0 Å². The van der Waals surface area contributed by atoms with Crippen molar-refractivity contribution < 1.29 is 4.74 Å². The predicted molar refractivity (Wildman–Crippen MR) is 75.6 cm³/mol. The minimum Gasteiger partial charge on any atom is -0.489 e. The van der Waals surface area contributed by atoms with E-state index in [1.807, 2.05) is 18.2 Å². The van der Waals surface area contributed by atoms with Gasteiger partial charge < -0.3 is 10.5 Å². The second-order valence-corrected chi connectivity index (χ2v) is 5.85. The Balaban J connectivity index is 1.98. The van der Waals surface area contributed by atoms with Gasteiger partial charge in [0, 0.05) is 5.69 Å². The van der Waals surface area contributed by atoms with E-state index < -0.39 is 0 Å². The molecule has 88 valence electrons. The molecule has 1 aromatic carbocycles. The zero-order valence-corrected chi connectivity index (χ0v) is 11.7. The van der Waals surface area contributed by atoms with E-state index in [1.54, 1.807) is 0 Å². The fourth-order valence-corrected chi connectivity index (χ4v) is 2.81. The SMILES string of the molecule is CC1CCC(Oc2ccc(N)cc2I)CC1. The van der Waals surface area contributed by atoms with E-state index in [9.17, 15) is 0 Å². The van der Waals surface area contributed by atoms with Gasteiger partial charge in [0.15, 0.2) is 0 Å². The van der Waals surface area contributed by atoms with Gasteiger partial charge in [0.2, 0.25) is 0 Å². The van der Waals surface area contributed by atoms with Crippen LogP contribution >= 0.6 is 22.6 Å². The largest absolute Gasteiger partial charge is 0.489 e. The molecule has 0 atom stereocenters. The van der Waals surface area contributed by atoms with Crippen molar-refractivity contribution in [3.05, 3.63) is 21.8 Å². The van der Waals surface area contributed by atoms with Crippen molar-refractivity contribution in [3.8, 4) is 5.75 Å². The van der Waals surface area contributed by atoms with E-state index in [1.165, 1.54) is 25.7 Å². The van der Waals surface area contributed by atoms with E-state index >= 15 is 0 Å². The van der Waals surface area contributed by atoms with E-state index in [-0.39, 0.29) is 0 Å². The Morgan fingerprint density at radius 2 is 1.94 bits per heavy atom. The van der Waals surface area contributed by atoms with E-state index in [0.29, 0.717) is 6.10 Å². The lowest BCUT2D eigenvalue weighted by molar-refractivity contribution is 0.134. The van der Waals surface area contributed by atoms with Crippen LogP contribution in [-0.2, 0) is 0 Å². The van der Waals surface area contributed by atoms with Crippen LogP contribution in [0.1, 0.15) is 32.6 Å².